The summed E-state index contributed by atoms with van der Waals surface area (Å²) in [5, 5.41) is 8.49. The lowest BCUT2D eigenvalue weighted by molar-refractivity contribution is -0.146. The molecule has 118 valence electrons. The van der Waals surface area contributed by atoms with Crippen LogP contribution in [0.2, 0.25) is 0 Å². The van der Waals surface area contributed by atoms with Crippen LogP contribution in [0.3, 0.4) is 0 Å². The van der Waals surface area contributed by atoms with Gasteiger partial charge < -0.3 is 10.1 Å². The standard InChI is InChI=1S/C8H8F3N3O6S/c9-8(10,11)3-14(2-5(15)16)21(19,20)4-1-12-7(18)13-6(4)17/h1H,2-3H2,(H,15,16)(H2,12,13,17,18). The molecule has 0 amide bonds. The van der Waals surface area contributed by atoms with E-state index < -0.39 is 55.7 Å². The molecule has 0 aromatic carbocycles. The number of nitrogens with one attached hydrogen (secondary N) is 2. The topological polar surface area (TPSA) is 140 Å². The molecule has 0 aliphatic heterocycles. The number of aromatic nitrogens is 2. The first-order valence-electron chi connectivity index (χ1n) is 5.04. The van der Waals surface area contributed by atoms with Crippen LogP contribution in [0.25, 0.3) is 0 Å². The van der Waals surface area contributed by atoms with Gasteiger partial charge in [-0.3, -0.25) is 14.6 Å². The Morgan fingerprint density at radius 3 is 2.33 bits per heavy atom. The average Bonchev–Trinajstić information content (AvgIpc) is 2.24. The summed E-state index contributed by atoms with van der Waals surface area (Å²) in [7, 11) is -5.06. The van der Waals surface area contributed by atoms with Crippen molar-refractivity contribution in [3.05, 3.63) is 27.0 Å². The SMILES string of the molecule is O=C(O)CN(CC(F)(F)F)S(=O)(=O)c1c[nH]c(=O)[nH]c1=O. The van der Waals surface area contributed by atoms with E-state index >= 15 is 0 Å². The summed E-state index contributed by atoms with van der Waals surface area (Å²) in [6, 6.07) is 0. The molecule has 0 fully saturated rings. The molecule has 0 saturated heterocycles. The Labute approximate surface area is 114 Å². The van der Waals surface area contributed by atoms with Gasteiger partial charge in [0.1, 0.15) is 13.1 Å². The highest BCUT2D eigenvalue weighted by atomic mass is 32.2. The van der Waals surface area contributed by atoms with Crippen molar-refractivity contribution in [1.29, 1.82) is 0 Å². The third kappa shape index (κ3) is 4.42. The first-order valence-corrected chi connectivity index (χ1v) is 6.48. The number of carboxylic acid groups (broad SMARTS) is 1. The maximum atomic E-state index is 12.3. The smallest absolute Gasteiger partial charge is 0.402 e. The first-order chi connectivity index (χ1) is 9.43. The Bertz CT molecular complexity index is 750. The predicted octanol–water partition coefficient (Wildman–Crippen LogP) is -1.30. The van der Waals surface area contributed by atoms with Crippen molar-refractivity contribution >= 4 is 16.0 Å². The summed E-state index contributed by atoms with van der Waals surface area (Å²) in [6.45, 7) is -3.60. The van der Waals surface area contributed by atoms with Gasteiger partial charge in [0.15, 0.2) is 4.90 Å². The van der Waals surface area contributed by atoms with Gasteiger partial charge in [0.25, 0.3) is 15.6 Å². The first kappa shape index (κ1) is 16.9. The monoisotopic (exact) mass is 331 g/mol. The number of aromatic amines is 2. The molecule has 0 radical (unpaired) electrons. The van der Waals surface area contributed by atoms with Gasteiger partial charge in [0.05, 0.1) is 0 Å². The molecule has 0 saturated carbocycles. The zero-order valence-corrected chi connectivity index (χ0v) is 10.8. The zero-order chi connectivity index (χ0) is 16.4. The summed E-state index contributed by atoms with van der Waals surface area (Å²) in [5.41, 5.74) is -2.53. The number of hydrogen-bond acceptors (Lipinski definition) is 5. The third-order valence-electron chi connectivity index (χ3n) is 2.07. The Hall–Kier alpha value is -2.15. The molecule has 21 heavy (non-hydrogen) atoms. The van der Waals surface area contributed by atoms with Crippen LogP contribution < -0.4 is 11.2 Å². The number of carboxylic acids is 1. The number of sulfonamides is 1. The summed E-state index contributed by atoms with van der Waals surface area (Å²) in [6.07, 6.45) is -4.63. The van der Waals surface area contributed by atoms with E-state index in [0.29, 0.717) is 6.20 Å². The Kier molecular flexibility index (Phi) is 4.58. The minimum absolute atomic E-state index is 0.391. The molecule has 0 unspecified atom stereocenters. The molecule has 13 heteroatoms. The van der Waals surface area contributed by atoms with Gasteiger partial charge in [-0.25, -0.2) is 13.2 Å². The number of H-pyrrole nitrogens is 2. The lowest BCUT2D eigenvalue weighted by atomic mass is 10.5. The number of nitrogens with zero attached hydrogens (tertiary/aromatic N) is 1. The van der Waals surface area contributed by atoms with E-state index in [9.17, 15) is 36.0 Å². The maximum Gasteiger partial charge on any atom is 0.402 e. The summed E-state index contributed by atoms with van der Waals surface area (Å²) in [4.78, 5) is 34.7. The van der Waals surface area contributed by atoms with Crippen molar-refractivity contribution in [2.24, 2.45) is 0 Å². The van der Waals surface area contributed by atoms with Crippen LogP contribution in [-0.2, 0) is 14.8 Å². The Morgan fingerprint density at radius 2 is 1.90 bits per heavy atom. The van der Waals surface area contributed by atoms with Crippen LogP contribution in [-0.4, -0.2) is 53.0 Å². The van der Waals surface area contributed by atoms with E-state index in [2.05, 4.69) is 0 Å². The highest BCUT2D eigenvalue weighted by molar-refractivity contribution is 7.89. The fourth-order valence-electron chi connectivity index (χ4n) is 1.30. The summed E-state index contributed by atoms with van der Waals surface area (Å²) >= 11 is 0. The van der Waals surface area contributed by atoms with E-state index in [0.717, 1.165) is 0 Å². The van der Waals surface area contributed by atoms with Gasteiger partial charge in [-0.15, -0.1) is 0 Å². The minimum Gasteiger partial charge on any atom is -0.480 e. The van der Waals surface area contributed by atoms with Crippen molar-refractivity contribution in [2.45, 2.75) is 11.1 Å². The van der Waals surface area contributed by atoms with Crippen molar-refractivity contribution in [2.75, 3.05) is 13.1 Å². The van der Waals surface area contributed by atoms with E-state index in [1.54, 1.807) is 4.98 Å². The van der Waals surface area contributed by atoms with Gasteiger partial charge >= 0.3 is 17.8 Å². The van der Waals surface area contributed by atoms with Crippen LogP contribution in [0.15, 0.2) is 20.7 Å². The fourth-order valence-corrected chi connectivity index (χ4v) is 2.67. The average molecular weight is 331 g/mol. The number of carbonyl (C=O) groups is 1. The van der Waals surface area contributed by atoms with Crippen molar-refractivity contribution in [3.8, 4) is 0 Å². The summed E-state index contributed by atoms with van der Waals surface area (Å²) < 4.78 is 60.3. The molecule has 0 atom stereocenters. The third-order valence-corrected chi connectivity index (χ3v) is 3.87. The number of alkyl halides is 3. The minimum atomic E-state index is -5.06. The Morgan fingerprint density at radius 1 is 1.33 bits per heavy atom. The van der Waals surface area contributed by atoms with Crippen LogP contribution in [0, 0.1) is 0 Å². The Balaban J connectivity index is 3.36. The van der Waals surface area contributed by atoms with Crippen molar-refractivity contribution in [3.63, 3.8) is 0 Å². The van der Waals surface area contributed by atoms with E-state index in [1.165, 1.54) is 4.98 Å². The lowest BCUT2D eigenvalue weighted by Crippen LogP contribution is -2.44. The van der Waals surface area contributed by atoms with Gasteiger partial charge in [-0.2, -0.15) is 17.5 Å². The normalized spacial score (nSPS) is 12.6. The lowest BCUT2D eigenvalue weighted by Gasteiger charge is -2.20. The highest BCUT2D eigenvalue weighted by Gasteiger charge is 2.39. The van der Waals surface area contributed by atoms with Crippen molar-refractivity contribution in [1.82, 2.24) is 14.3 Å². The van der Waals surface area contributed by atoms with Crippen LogP contribution in [0.1, 0.15) is 0 Å². The largest absolute Gasteiger partial charge is 0.480 e. The number of rotatable bonds is 5. The highest BCUT2D eigenvalue weighted by Crippen LogP contribution is 2.20. The van der Waals surface area contributed by atoms with E-state index in [-0.39, 0.29) is 0 Å². The second-order valence-corrected chi connectivity index (χ2v) is 5.62. The molecular formula is C8H8F3N3O6S. The van der Waals surface area contributed by atoms with E-state index in [4.69, 9.17) is 5.11 Å². The molecule has 9 nitrogen and oxygen atoms in total. The van der Waals surface area contributed by atoms with Crippen LogP contribution >= 0.6 is 0 Å². The molecule has 0 bridgehead atoms. The number of aliphatic carboxylic acids is 1. The van der Waals surface area contributed by atoms with Gasteiger partial charge in [-0.1, -0.05) is 0 Å². The van der Waals surface area contributed by atoms with Gasteiger partial charge in [-0.05, 0) is 0 Å². The van der Waals surface area contributed by atoms with Crippen LogP contribution in [0.5, 0.6) is 0 Å². The quantitative estimate of drug-likeness (QED) is 0.612. The summed E-state index contributed by atoms with van der Waals surface area (Å²) in [5.74, 6) is -1.84. The molecule has 3 N–H and O–H groups in total. The predicted molar refractivity (Wildman–Crippen MR) is 60.1 cm³/mol. The van der Waals surface area contributed by atoms with Crippen molar-refractivity contribution < 1.29 is 31.5 Å². The molecule has 1 aromatic heterocycles. The second kappa shape index (κ2) is 5.69. The molecular weight excluding hydrogens is 323 g/mol. The van der Waals surface area contributed by atoms with Gasteiger partial charge in [0.2, 0.25) is 0 Å². The molecule has 1 rings (SSSR count). The fraction of sp³-hybridized carbons (Fsp3) is 0.375. The molecule has 0 spiro atoms. The molecule has 0 aliphatic rings. The molecule has 1 heterocycles. The second-order valence-electron chi connectivity index (χ2n) is 3.72. The number of hydrogen-bond donors (Lipinski definition) is 3. The maximum absolute atomic E-state index is 12.3. The van der Waals surface area contributed by atoms with E-state index in [1.807, 2.05) is 0 Å². The molecule has 1 aromatic rings. The molecule has 0 aliphatic carbocycles. The zero-order valence-electron chi connectivity index (χ0n) is 9.97. The van der Waals surface area contributed by atoms with Gasteiger partial charge in [0, 0.05) is 6.20 Å². The number of halogens is 3. The van der Waals surface area contributed by atoms with Crippen LogP contribution in [0.4, 0.5) is 13.2 Å².